The van der Waals surface area contributed by atoms with E-state index in [-0.39, 0.29) is 5.11 Å². The summed E-state index contributed by atoms with van der Waals surface area (Å²) < 4.78 is 5.03. The maximum Gasteiger partial charge on any atom is 0.168 e. The molecule has 0 spiro atoms. The quantitative estimate of drug-likeness (QED) is 0.662. The highest BCUT2D eigenvalue weighted by Gasteiger charge is 2.00. The number of pyridine rings is 1. The lowest BCUT2D eigenvalue weighted by Crippen LogP contribution is -2.19. The largest absolute Gasteiger partial charge is 0.494 e. The second-order valence-corrected chi connectivity index (χ2v) is 2.51. The van der Waals surface area contributed by atoms with Gasteiger partial charge in [0.2, 0.25) is 0 Å². The third kappa shape index (κ3) is 2.06. The monoisotopic (exact) mass is 183 g/mol. The summed E-state index contributed by atoms with van der Waals surface area (Å²) in [5.74, 6) is 0.665. The Kier molecular flexibility index (Phi) is 2.82. The lowest BCUT2D eigenvalue weighted by molar-refractivity contribution is 0.416. The second kappa shape index (κ2) is 3.87. The van der Waals surface area contributed by atoms with E-state index in [9.17, 15) is 0 Å². The van der Waals surface area contributed by atoms with E-state index in [0.29, 0.717) is 11.4 Å². The number of nitrogens with one attached hydrogen (secondary N) is 1. The van der Waals surface area contributed by atoms with Crippen LogP contribution in [0.15, 0.2) is 18.5 Å². The van der Waals surface area contributed by atoms with Crippen molar-refractivity contribution >= 4 is 23.0 Å². The molecule has 3 N–H and O–H groups in total. The lowest BCUT2D eigenvalue weighted by Gasteiger charge is -2.07. The van der Waals surface area contributed by atoms with Crippen molar-refractivity contribution in [3.8, 4) is 5.75 Å². The van der Waals surface area contributed by atoms with E-state index >= 15 is 0 Å². The third-order valence-electron chi connectivity index (χ3n) is 1.26. The Morgan fingerprint density at radius 3 is 3.08 bits per heavy atom. The molecule has 0 aliphatic heterocycles. The van der Waals surface area contributed by atoms with Gasteiger partial charge < -0.3 is 15.8 Å². The predicted octanol–water partition coefficient (Wildman–Crippen LogP) is 0.746. The molecular weight excluding hydrogens is 174 g/mol. The highest BCUT2D eigenvalue weighted by molar-refractivity contribution is 7.80. The molecule has 0 aliphatic carbocycles. The third-order valence-corrected chi connectivity index (χ3v) is 1.36. The van der Waals surface area contributed by atoms with Crippen molar-refractivity contribution in [2.75, 3.05) is 12.4 Å². The van der Waals surface area contributed by atoms with Gasteiger partial charge in [0.25, 0.3) is 0 Å². The van der Waals surface area contributed by atoms with Crippen molar-refractivity contribution in [2.45, 2.75) is 0 Å². The van der Waals surface area contributed by atoms with Crippen LogP contribution in [0.3, 0.4) is 0 Å². The van der Waals surface area contributed by atoms with Crippen molar-refractivity contribution in [1.82, 2.24) is 4.98 Å². The summed E-state index contributed by atoms with van der Waals surface area (Å²) in [6.45, 7) is 0. The molecule has 0 radical (unpaired) electrons. The van der Waals surface area contributed by atoms with E-state index in [4.69, 9.17) is 10.5 Å². The number of hydrogen-bond donors (Lipinski definition) is 2. The molecule has 0 saturated heterocycles. The molecule has 1 aromatic rings. The Hall–Kier alpha value is -1.36. The number of thiocarbonyl (C=S) groups is 1. The van der Waals surface area contributed by atoms with Crippen LogP contribution in [-0.4, -0.2) is 17.2 Å². The normalized spacial score (nSPS) is 9.08. The van der Waals surface area contributed by atoms with Crippen LogP contribution in [0.1, 0.15) is 0 Å². The first-order chi connectivity index (χ1) is 5.74. The molecule has 0 fully saturated rings. The van der Waals surface area contributed by atoms with Gasteiger partial charge in [0, 0.05) is 12.3 Å². The van der Waals surface area contributed by atoms with Gasteiger partial charge in [-0.2, -0.15) is 0 Å². The summed E-state index contributed by atoms with van der Waals surface area (Å²) in [4.78, 5) is 3.89. The first-order valence-electron chi connectivity index (χ1n) is 3.28. The van der Waals surface area contributed by atoms with Gasteiger partial charge in [-0.3, -0.25) is 4.98 Å². The number of anilines is 1. The Bertz CT molecular complexity index is 290. The molecule has 5 heteroatoms. The maximum absolute atomic E-state index is 5.29. The Morgan fingerprint density at radius 2 is 2.50 bits per heavy atom. The topological polar surface area (TPSA) is 60.2 Å². The zero-order valence-corrected chi connectivity index (χ0v) is 7.39. The van der Waals surface area contributed by atoms with E-state index < -0.39 is 0 Å². The smallest absolute Gasteiger partial charge is 0.168 e. The van der Waals surface area contributed by atoms with Gasteiger partial charge in [-0.05, 0) is 12.2 Å². The average molecular weight is 183 g/mol. The molecule has 1 rings (SSSR count). The molecular formula is C7H9N3OS. The minimum absolute atomic E-state index is 0.196. The minimum atomic E-state index is 0.196. The van der Waals surface area contributed by atoms with Crippen LogP contribution in [0.2, 0.25) is 0 Å². The van der Waals surface area contributed by atoms with Crippen LogP contribution < -0.4 is 15.8 Å². The Balaban J connectivity index is 2.89. The van der Waals surface area contributed by atoms with Crippen LogP contribution in [0.25, 0.3) is 0 Å². The fourth-order valence-electron chi connectivity index (χ4n) is 0.786. The van der Waals surface area contributed by atoms with E-state index in [1.165, 1.54) is 0 Å². The summed E-state index contributed by atoms with van der Waals surface area (Å²) in [6, 6.07) is 1.72. The lowest BCUT2D eigenvalue weighted by atomic mass is 10.4. The van der Waals surface area contributed by atoms with Crippen LogP contribution in [0, 0.1) is 0 Å². The molecule has 1 heterocycles. The fraction of sp³-hybridized carbons (Fsp3) is 0.143. The second-order valence-electron chi connectivity index (χ2n) is 2.07. The van der Waals surface area contributed by atoms with E-state index in [2.05, 4.69) is 22.5 Å². The number of aromatic nitrogens is 1. The van der Waals surface area contributed by atoms with Gasteiger partial charge >= 0.3 is 0 Å². The standard InChI is InChI=1S/C7H9N3OS/c1-11-6-2-3-9-4-5(6)10-7(8)12/h2-4H,1H3,(H3,8,10,12). The number of rotatable bonds is 2. The Labute approximate surface area is 75.7 Å². The van der Waals surface area contributed by atoms with Crippen molar-refractivity contribution in [3.63, 3.8) is 0 Å². The molecule has 0 saturated carbocycles. The van der Waals surface area contributed by atoms with E-state index in [0.717, 1.165) is 0 Å². The molecule has 64 valence electrons. The molecule has 0 amide bonds. The van der Waals surface area contributed by atoms with Crippen molar-refractivity contribution in [3.05, 3.63) is 18.5 Å². The van der Waals surface area contributed by atoms with Gasteiger partial charge in [0.15, 0.2) is 5.11 Å². The fourth-order valence-corrected chi connectivity index (χ4v) is 0.896. The first-order valence-corrected chi connectivity index (χ1v) is 3.69. The van der Waals surface area contributed by atoms with Crippen LogP contribution in [-0.2, 0) is 0 Å². The van der Waals surface area contributed by atoms with Crippen LogP contribution >= 0.6 is 12.2 Å². The number of methoxy groups -OCH3 is 1. The summed E-state index contributed by atoms with van der Waals surface area (Å²) in [5, 5.41) is 2.94. The maximum atomic E-state index is 5.29. The van der Waals surface area contributed by atoms with Gasteiger partial charge in [-0.25, -0.2) is 0 Å². The Morgan fingerprint density at radius 1 is 1.75 bits per heavy atom. The first kappa shape index (κ1) is 8.73. The number of nitrogens with two attached hydrogens (primary N) is 1. The zero-order chi connectivity index (χ0) is 8.97. The molecule has 0 unspecified atom stereocenters. The molecule has 12 heavy (non-hydrogen) atoms. The summed E-state index contributed by atoms with van der Waals surface area (Å²) in [7, 11) is 1.57. The van der Waals surface area contributed by atoms with Crippen LogP contribution in [0.5, 0.6) is 5.75 Å². The molecule has 4 nitrogen and oxygen atoms in total. The summed E-state index contributed by atoms with van der Waals surface area (Å²) in [6.07, 6.45) is 3.22. The van der Waals surface area contributed by atoms with E-state index in [1.54, 1.807) is 25.6 Å². The molecule has 0 aliphatic rings. The molecule has 1 aromatic heterocycles. The van der Waals surface area contributed by atoms with Crippen molar-refractivity contribution in [2.24, 2.45) is 5.73 Å². The van der Waals surface area contributed by atoms with Crippen molar-refractivity contribution in [1.29, 1.82) is 0 Å². The number of ether oxygens (including phenoxy) is 1. The predicted molar refractivity (Wildman–Crippen MR) is 51.2 cm³/mol. The van der Waals surface area contributed by atoms with Gasteiger partial charge in [-0.1, -0.05) is 0 Å². The molecule has 0 bridgehead atoms. The van der Waals surface area contributed by atoms with Gasteiger partial charge in [-0.15, -0.1) is 0 Å². The molecule has 0 atom stereocenters. The van der Waals surface area contributed by atoms with E-state index in [1.807, 2.05) is 0 Å². The van der Waals surface area contributed by atoms with Gasteiger partial charge in [0.1, 0.15) is 11.4 Å². The number of hydrogen-bond acceptors (Lipinski definition) is 3. The average Bonchev–Trinajstić information content (AvgIpc) is 2.04. The van der Waals surface area contributed by atoms with Crippen LogP contribution in [0.4, 0.5) is 5.69 Å². The minimum Gasteiger partial charge on any atom is -0.494 e. The van der Waals surface area contributed by atoms with Crippen molar-refractivity contribution < 1.29 is 4.74 Å². The highest BCUT2D eigenvalue weighted by Crippen LogP contribution is 2.20. The molecule has 0 aromatic carbocycles. The number of nitrogens with zero attached hydrogens (tertiary/aromatic N) is 1. The summed E-state index contributed by atoms with van der Waals surface area (Å²) in [5.41, 5.74) is 5.96. The summed E-state index contributed by atoms with van der Waals surface area (Å²) >= 11 is 4.67. The van der Waals surface area contributed by atoms with Gasteiger partial charge in [0.05, 0.1) is 13.3 Å². The zero-order valence-electron chi connectivity index (χ0n) is 6.57. The highest BCUT2D eigenvalue weighted by atomic mass is 32.1. The SMILES string of the molecule is COc1ccncc1NC(N)=S.